The minimum absolute atomic E-state index is 0.0800. The van der Waals surface area contributed by atoms with Crippen LogP contribution in [0.4, 0.5) is 5.69 Å². The van der Waals surface area contributed by atoms with E-state index in [1.54, 1.807) is 6.92 Å². The molecule has 0 saturated heterocycles. The summed E-state index contributed by atoms with van der Waals surface area (Å²) in [4.78, 5) is 13.0. The highest BCUT2D eigenvalue weighted by Crippen LogP contribution is 2.54. The first-order chi connectivity index (χ1) is 11.0. The predicted octanol–water partition coefficient (Wildman–Crippen LogP) is 1.35. The Morgan fingerprint density at radius 3 is 2.91 bits per heavy atom. The summed E-state index contributed by atoms with van der Waals surface area (Å²) in [5, 5.41) is 19.5. The summed E-state index contributed by atoms with van der Waals surface area (Å²) in [5.41, 5.74) is 8.17. The van der Waals surface area contributed by atoms with Crippen molar-refractivity contribution in [2.45, 2.75) is 19.3 Å². The van der Waals surface area contributed by atoms with Gasteiger partial charge < -0.3 is 15.8 Å². The SMILES string of the molecule is Cc1cccc2c1NC(=O)C21C(C#N)=C(N)Oc2n[nH]c(C)c21. The molecule has 7 nitrogen and oxygen atoms in total. The third kappa shape index (κ3) is 1.38. The van der Waals surface area contributed by atoms with E-state index in [1.165, 1.54) is 0 Å². The highest BCUT2D eigenvalue weighted by molar-refractivity contribution is 6.13. The first kappa shape index (κ1) is 13.4. The second-order valence-electron chi connectivity index (χ2n) is 5.68. The Balaban J connectivity index is 2.19. The molecule has 1 aromatic heterocycles. The van der Waals surface area contributed by atoms with Gasteiger partial charge in [-0.1, -0.05) is 18.2 Å². The van der Waals surface area contributed by atoms with Crippen molar-refractivity contribution in [1.29, 1.82) is 5.26 Å². The summed E-state index contributed by atoms with van der Waals surface area (Å²) in [6.07, 6.45) is 0. The summed E-state index contributed by atoms with van der Waals surface area (Å²) in [6.45, 7) is 3.69. The number of fused-ring (bicyclic) bond motifs is 4. The number of para-hydroxylation sites is 1. The topological polar surface area (TPSA) is 117 Å². The average Bonchev–Trinajstić information content (AvgIpc) is 3.01. The fraction of sp³-hybridized carbons (Fsp3) is 0.188. The number of aromatic amines is 1. The van der Waals surface area contributed by atoms with Crippen LogP contribution in [0.5, 0.6) is 5.88 Å². The number of carbonyl (C=O) groups is 1. The Hall–Kier alpha value is -3.27. The zero-order chi connectivity index (χ0) is 16.4. The molecular weight excluding hydrogens is 294 g/mol. The summed E-state index contributed by atoms with van der Waals surface area (Å²) >= 11 is 0. The number of amides is 1. The molecular formula is C16H13N5O2. The molecule has 0 aliphatic carbocycles. The van der Waals surface area contributed by atoms with Crippen molar-refractivity contribution in [2.24, 2.45) is 5.73 Å². The van der Waals surface area contributed by atoms with Crippen LogP contribution in [0.3, 0.4) is 0 Å². The van der Waals surface area contributed by atoms with E-state index in [2.05, 4.69) is 21.6 Å². The molecule has 2 aliphatic rings. The molecule has 4 N–H and O–H groups in total. The first-order valence-corrected chi connectivity index (χ1v) is 7.07. The van der Waals surface area contributed by atoms with Crippen LogP contribution in [-0.2, 0) is 10.2 Å². The summed E-state index contributed by atoms with van der Waals surface area (Å²) in [6, 6.07) is 7.64. The van der Waals surface area contributed by atoms with Gasteiger partial charge in [-0.15, -0.1) is 5.10 Å². The van der Waals surface area contributed by atoms with E-state index in [0.29, 0.717) is 22.5 Å². The fourth-order valence-electron chi connectivity index (χ4n) is 3.50. The summed E-state index contributed by atoms with van der Waals surface area (Å²) < 4.78 is 5.45. The van der Waals surface area contributed by atoms with Crippen molar-refractivity contribution in [3.63, 3.8) is 0 Å². The number of hydrogen-bond donors (Lipinski definition) is 3. The predicted molar refractivity (Wildman–Crippen MR) is 81.4 cm³/mol. The van der Waals surface area contributed by atoms with Gasteiger partial charge in [0.15, 0.2) is 0 Å². The monoisotopic (exact) mass is 307 g/mol. The molecule has 2 aromatic rings. The number of benzene rings is 1. The van der Waals surface area contributed by atoms with Crippen LogP contribution in [0.25, 0.3) is 0 Å². The lowest BCUT2D eigenvalue weighted by Gasteiger charge is -2.31. The lowest BCUT2D eigenvalue weighted by atomic mass is 9.69. The van der Waals surface area contributed by atoms with Crippen LogP contribution < -0.4 is 15.8 Å². The number of nitrogens with one attached hydrogen (secondary N) is 2. The molecule has 3 heterocycles. The van der Waals surface area contributed by atoms with Crippen LogP contribution in [0.15, 0.2) is 29.7 Å². The number of nitriles is 1. The molecule has 0 bridgehead atoms. The molecule has 0 fully saturated rings. The average molecular weight is 307 g/mol. The van der Waals surface area contributed by atoms with Crippen LogP contribution in [-0.4, -0.2) is 16.1 Å². The smallest absolute Gasteiger partial charge is 0.245 e. The second kappa shape index (κ2) is 4.14. The van der Waals surface area contributed by atoms with Gasteiger partial charge in [0.25, 0.3) is 0 Å². The van der Waals surface area contributed by atoms with Crippen molar-refractivity contribution in [2.75, 3.05) is 5.32 Å². The van der Waals surface area contributed by atoms with E-state index in [0.717, 1.165) is 5.56 Å². The van der Waals surface area contributed by atoms with Gasteiger partial charge in [0.1, 0.15) is 17.1 Å². The Morgan fingerprint density at radius 1 is 1.39 bits per heavy atom. The third-order valence-electron chi connectivity index (χ3n) is 4.48. The number of aryl methyl sites for hydroxylation is 2. The van der Waals surface area contributed by atoms with Gasteiger partial charge in [-0.05, 0) is 19.4 Å². The molecule has 2 aliphatic heterocycles. The van der Waals surface area contributed by atoms with Crippen molar-refractivity contribution >= 4 is 11.6 Å². The van der Waals surface area contributed by atoms with Gasteiger partial charge in [-0.25, -0.2) is 0 Å². The Kier molecular flexibility index (Phi) is 2.41. The number of rotatable bonds is 0. The Morgan fingerprint density at radius 2 is 2.17 bits per heavy atom. The van der Waals surface area contributed by atoms with Gasteiger partial charge in [-0.2, -0.15) is 5.26 Å². The number of H-pyrrole nitrogens is 1. The number of aromatic nitrogens is 2. The van der Waals surface area contributed by atoms with E-state index in [1.807, 2.05) is 25.1 Å². The maximum atomic E-state index is 13.0. The maximum Gasteiger partial charge on any atom is 0.245 e. The number of carbonyl (C=O) groups excluding carboxylic acids is 1. The van der Waals surface area contributed by atoms with Gasteiger partial charge in [-0.3, -0.25) is 9.89 Å². The molecule has 1 amide bonds. The number of anilines is 1. The standard InChI is InChI=1S/C16H13N5O2/c1-7-4-3-5-9-12(7)19-15(22)16(9)10(6-17)13(18)23-14-11(16)8(2)20-21-14/h3-5H,18H2,1-2H3,(H,19,22)(H,20,21). The van der Waals surface area contributed by atoms with Gasteiger partial charge in [0.05, 0.1) is 5.56 Å². The Bertz CT molecular complexity index is 950. The van der Waals surface area contributed by atoms with Crippen LogP contribution in [0.1, 0.15) is 22.4 Å². The lowest BCUT2D eigenvalue weighted by molar-refractivity contribution is -0.118. The lowest BCUT2D eigenvalue weighted by Crippen LogP contribution is -2.42. The van der Waals surface area contributed by atoms with Crippen molar-refractivity contribution in [1.82, 2.24) is 10.2 Å². The minimum Gasteiger partial charge on any atom is -0.420 e. The first-order valence-electron chi connectivity index (χ1n) is 7.07. The van der Waals surface area contributed by atoms with Gasteiger partial charge in [0.2, 0.25) is 17.7 Å². The molecule has 23 heavy (non-hydrogen) atoms. The zero-order valence-electron chi connectivity index (χ0n) is 12.5. The maximum absolute atomic E-state index is 13.0. The minimum atomic E-state index is -1.33. The number of nitrogens with zero attached hydrogens (tertiary/aromatic N) is 2. The molecule has 1 atom stereocenters. The number of nitrogens with two attached hydrogens (primary N) is 1. The molecule has 1 unspecified atom stereocenters. The van der Waals surface area contributed by atoms with E-state index >= 15 is 0 Å². The van der Waals surface area contributed by atoms with E-state index in [4.69, 9.17) is 10.5 Å². The van der Waals surface area contributed by atoms with Crippen molar-refractivity contribution < 1.29 is 9.53 Å². The molecule has 7 heteroatoms. The fourth-order valence-corrected chi connectivity index (χ4v) is 3.50. The quantitative estimate of drug-likeness (QED) is 0.679. The molecule has 114 valence electrons. The zero-order valence-corrected chi connectivity index (χ0v) is 12.5. The molecule has 0 radical (unpaired) electrons. The van der Waals surface area contributed by atoms with Crippen LogP contribution >= 0.6 is 0 Å². The van der Waals surface area contributed by atoms with E-state index < -0.39 is 5.41 Å². The van der Waals surface area contributed by atoms with Crippen LogP contribution in [0.2, 0.25) is 0 Å². The second-order valence-corrected chi connectivity index (χ2v) is 5.68. The number of ether oxygens (including phenoxy) is 1. The van der Waals surface area contributed by atoms with Crippen LogP contribution in [0, 0.1) is 25.2 Å². The molecule has 1 spiro atoms. The molecule has 4 rings (SSSR count). The third-order valence-corrected chi connectivity index (χ3v) is 4.48. The number of hydrogen-bond acceptors (Lipinski definition) is 5. The Labute approximate surface area is 131 Å². The van der Waals surface area contributed by atoms with Gasteiger partial charge in [0, 0.05) is 16.9 Å². The normalized spacial score (nSPS) is 21.5. The van der Waals surface area contributed by atoms with E-state index in [-0.39, 0.29) is 23.2 Å². The molecule has 1 aromatic carbocycles. The summed E-state index contributed by atoms with van der Waals surface area (Å²) in [5.74, 6) is -0.199. The summed E-state index contributed by atoms with van der Waals surface area (Å²) in [7, 11) is 0. The highest BCUT2D eigenvalue weighted by Gasteiger charge is 2.58. The van der Waals surface area contributed by atoms with E-state index in [9.17, 15) is 10.1 Å². The largest absolute Gasteiger partial charge is 0.420 e. The van der Waals surface area contributed by atoms with Gasteiger partial charge >= 0.3 is 0 Å². The molecule has 0 saturated carbocycles. The van der Waals surface area contributed by atoms with Crippen molar-refractivity contribution in [3.05, 3.63) is 52.0 Å². The highest BCUT2D eigenvalue weighted by atomic mass is 16.5. The van der Waals surface area contributed by atoms with Crippen molar-refractivity contribution in [3.8, 4) is 11.9 Å².